The lowest BCUT2D eigenvalue weighted by Crippen LogP contribution is -2.03. The van der Waals surface area contributed by atoms with Gasteiger partial charge in [0.2, 0.25) is 0 Å². The molecule has 0 aliphatic carbocycles. The number of benzene rings is 4. The van der Waals surface area contributed by atoms with Gasteiger partial charge in [-0.2, -0.15) is 5.10 Å². The number of carbonyl (C=O) groups is 1. The first-order valence-electron chi connectivity index (χ1n) is 13.0. The average Bonchev–Trinajstić information content (AvgIpc) is 3.37. The Morgan fingerprint density at radius 1 is 0.900 bits per heavy atom. The van der Waals surface area contributed by atoms with Crippen LogP contribution in [0, 0.1) is 12.7 Å². The molecular formula is C34H29FN2O3. The number of ether oxygens (including phenoxy) is 2. The van der Waals surface area contributed by atoms with Crippen LogP contribution in [0.25, 0.3) is 33.6 Å². The van der Waals surface area contributed by atoms with Gasteiger partial charge >= 0.3 is 5.97 Å². The van der Waals surface area contributed by atoms with Crippen molar-refractivity contribution < 1.29 is 18.7 Å². The van der Waals surface area contributed by atoms with E-state index in [9.17, 15) is 4.79 Å². The maximum Gasteiger partial charge on any atom is 0.331 e. The van der Waals surface area contributed by atoms with Gasteiger partial charge in [0.1, 0.15) is 17.3 Å². The van der Waals surface area contributed by atoms with Crippen LogP contribution >= 0.6 is 0 Å². The largest absolute Gasteiger partial charge is 0.497 e. The SMILES string of the molecule is CCOC(=O)C=C(c1ccccc1)c1nn(-c2ccc(OC)cc2)c(-c2ccc(C)cc2)c1-c1ccccc1F. The van der Waals surface area contributed by atoms with Crippen LogP contribution in [0.1, 0.15) is 23.7 Å². The highest BCUT2D eigenvalue weighted by molar-refractivity contribution is 6.01. The second-order valence-corrected chi connectivity index (χ2v) is 9.20. The van der Waals surface area contributed by atoms with Crippen molar-refractivity contribution in [2.75, 3.05) is 13.7 Å². The van der Waals surface area contributed by atoms with E-state index in [-0.39, 0.29) is 6.61 Å². The molecule has 6 heteroatoms. The Kier molecular flexibility index (Phi) is 7.87. The van der Waals surface area contributed by atoms with Crippen LogP contribution in [0.5, 0.6) is 5.75 Å². The van der Waals surface area contributed by atoms with Gasteiger partial charge in [-0.1, -0.05) is 78.4 Å². The van der Waals surface area contributed by atoms with Crippen LogP contribution in [0.3, 0.4) is 0 Å². The fourth-order valence-corrected chi connectivity index (χ4v) is 4.62. The molecule has 1 aromatic heterocycles. The lowest BCUT2D eigenvalue weighted by molar-refractivity contribution is -0.137. The Bertz CT molecular complexity index is 1650. The van der Waals surface area contributed by atoms with E-state index >= 15 is 4.39 Å². The summed E-state index contributed by atoms with van der Waals surface area (Å²) >= 11 is 0. The Morgan fingerprint density at radius 3 is 2.23 bits per heavy atom. The van der Waals surface area contributed by atoms with E-state index in [4.69, 9.17) is 14.6 Å². The highest BCUT2D eigenvalue weighted by atomic mass is 19.1. The summed E-state index contributed by atoms with van der Waals surface area (Å²) in [4.78, 5) is 12.8. The quantitative estimate of drug-likeness (QED) is 0.152. The van der Waals surface area contributed by atoms with Gasteiger partial charge < -0.3 is 9.47 Å². The van der Waals surface area contributed by atoms with Gasteiger partial charge in [-0.05, 0) is 49.7 Å². The molecule has 5 aromatic rings. The summed E-state index contributed by atoms with van der Waals surface area (Å²) in [6.07, 6.45) is 1.43. The minimum Gasteiger partial charge on any atom is -0.497 e. The van der Waals surface area contributed by atoms with E-state index < -0.39 is 11.8 Å². The van der Waals surface area contributed by atoms with Crippen LogP contribution in [-0.2, 0) is 9.53 Å². The van der Waals surface area contributed by atoms with E-state index in [1.807, 2.05) is 85.8 Å². The molecule has 5 rings (SSSR count). The third-order valence-electron chi connectivity index (χ3n) is 6.56. The molecule has 0 aliphatic rings. The van der Waals surface area contributed by atoms with Crippen LogP contribution in [0.4, 0.5) is 4.39 Å². The van der Waals surface area contributed by atoms with Crippen molar-refractivity contribution in [3.05, 3.63) is 132 Å². The highest BCUT2D eigenvalue weighted by Crippen LogP contribution is 2.42. The molecule has 0 bridgehead atoms. The van der Waals surface area contributed by atoms with Crippen molar-refractivity contribution in [3.63, 3.8) is 0 Å². The van der Waals surface area contributed by atoms with Crippen LogP contribution in [-0.4, -0.2) is 29.5 Å². The third-order valence-corrected chi connectivity index (χ3v) is 6.56. The topological polar surface area (TPSA) is 53.3 Å². The number of hydrogen-bond donors (Lipinski definition) is 0. The zero-order valence-electron chi connectivity index (χ0n) is 22.6. The Labute approximate surface area is 233 Å². The van der Waals surface area contributed by atoms with Crippen molar-refractivity contribution in [1.29, 1.82) is 0 Å². The highest BCUT2D eigenvalue weighted by Gasteiger charge is 2.27. The summed E-state index contributed by atoms with van der Waals surface area (Å²) in [6, 6.07) is 31.6. The van der Waals surface area contributed by atoms with Gasteiger partial charge in [-0.3, -0.25) is 0 Å². The number of carbonyl (C=O) groups excluding carboxylic acids is 1. The normalized spacial score (nSPS) is 11.3. The van der Waals surface area contributed by atoms with Crippen molar-refractivity contribution in [2.24, 2.45) is 0 Å². The monoisotopic (exact) mass is 532 g/mol. The minimum absolute atomic E-state index is 0.229. The summed E-state index contributed by atoms with van der Waals surface area (Å²) < 4.78 is 28.1. The second-order valence-electron chi connectivity index (χ2n) is 9.20. The predicted octanol–water partition coefficient (Wildman–Crippen LogP) is 7.66. The molecule has 4 aromatic carbocycles. The van der Waals surface area contributed by atoms with Crippen molar-refractivity contribution in [3.8, 4) is 33.8 Å². The van der Waals surface area contributed by atoms with Gasteiger partial charge in [0.25, 0.3) is 0 Å². The molecule has 0 unspecified atom stereocenters. The summed E-state index contributed by atoms with van der Waals surface area (Å²) in [5.74, 6) is -0.193. The number of aryl methyl sites for hydroxylation is 1. The number of aromatic nitrogens is 2. The third kappa shape index (κ3) is 5.43. The smallest absolute Gasteiger partial charge is 0.331 e. The fourth-order valence-electron chi connectivity index (χ4n) is 4.62. The number of halogens is 1. The predicted molar refractivity (Wildman–Crippen MR) is 156 cm³/mol. The first-order chi connectivity index (χ1) is 19.5. The molecule has 0 saturated heterocycles. The van der Waals surface area contributed by atoms with Crippen LogP contribution in [0.15, 0.2) is 109 Å². The molecule has 200 valence electrons. The molecule has 0 saturated carbocycles. The van der Waals surface area contributed by atoms with Crippen molar-refractivity contribution in [2.45, 2.75) is 13.8 Å². The number of rotatable bonds is 8. The minimum atomic E-state index is -0.503. The zero-order chi connectivity index (χ0) is 28.1. The van der Waals surface area contributed by atoms with E-state index in [2.05, 4.69) is 0 Å². The lowest BCUT2D eigenvalue weighted by Gasteiger charge is -2.13. The maximum absolute atomic E-state index is 15.6. The molecule has 40 heavy (non-hydrogen) atoms. The summed E-state index contributed by atoms with van der Waals surface area (Å²) in [6.45, 7) is 4.00. The average molecular weight is 533 g/mol. The zero-order valence-corrected chi connectivity index (χ0v) is 22.6. The lowest BCUT2D eigenvalue weighted by atomic mass is 9.92. The van der Waals surface area contributed by atoms with Crippen molar-refractivity contribution in [1.82, 2.24) is 9.78 Å². The van der Waals surface area contributed by atoms with Gasteiger partial charge in [-0.25, -0.2) is 13.9 Å². The van der Waals surface area contributed by atoms with E-state index in [0.29, 0.717) is 33.8 Å². The Balaban J connectivity index is 1.90. The number of methoxy groups -OCH3 is 1. The van der Waals surface area contributed by atoms with E-state index in [1.54, 1.807) is 36.9 Å². The Hall–Kier alpha value is -4.97. The van der Waals surface area contributed by atoms with Gasteiger partial charge in [0.15, 0.2) is 0 Å². The first kappa shape index (κ1) is 26.6. The van der Waals surface area contributed by atoms with Crippen LogP contribution in [0.2, 0.25) is 0 Å². The molecule has 0 spiro atoms. The number of hydrogen-bond acceptors (Lipinski definition) is 4. The first-order valence-corrected chi connectivity index (χ1v) is 13.0. The molecular weight excluding hydrogens is 503 g/mol. The van der Waals surface area contributed by atoms with Gasteiger partial charge in [0, 0.05) is 28.3 Å². The number of nitrogens with zero attached hydrogens (tertiary/aromatic N) is 2. The van der Waals surface area contributed by atoms with E-state index in [1.165, 1.54) is 12.1 Å². The van der Waals surface area contributed by atoms with E-state index in [0.717, 1.165) is 22.4 Å². The molecule has 0 atom stereocenters. The molecule has 0 amide bonds. The summed E-state index contributed by atoms with van der Waals surface area (Å²) in [7, 11) is 1.61. The van der Waals surface area contributed by atoms with Crippen LogP contribution < -0.4 is 4.74 Å². The second kappa shape index (κ2) is 11.8. The maximum atomic E-state index is 15.6. The molecule has 0 fully saturated rings. The summed E-state index contributed by atoms with van der Waals surface area (Å²) in [5, 5.41) is 5.08. The standard InChI is InChI=1S/C34H29FN2O3/c1-4-40-31(38)22-29(24-10-6-5-7-11-24)33-32(28-12-8-9-13-30(28)35)34(25-16-14-23(2)15-17-25)37(36-33)26-18-20-27(39-3)21-19-26/h5-22H,4H2,1-3H3. The molecule has 5 nitrogen and oxygen atoms in total. The van der Waals surface area contributed by atoms with Gasteiger partial charge in [0.05, 0.1) is 25.1 Å². The Morgan fingerprint density at radius 2 is 1.57 bits per heavy atom. The van der Waals surface area contributed by atoms with Gasteiger partial charge in [-0.15, -0.1) is 0 Å². The molecule has 0 N–H and O–H groups in total. The summed E-state index contributed by atoms with van der Waals surface area (Å²) in [5.41, 5.74) is 6.06. The molecule has 0 radical (unpaired) electrons. The molecule has 0 aliphatic heterocycles. The van der Waals surface area contributed by atoms with Crippen molar-refractivity contribution >= 4 is 11.5 Å². The fraction of sp³-hybridized carbons (Fsp3) is 0.118. The molecule has 1 heterocycles. The number of esters is 1.